The van der Waals surface area contributed by atoms with Crippen molar-refractivity contribution in [2.45, 2.75) is 13.8 Å². The first-order valence-corrected chi connectivity index (χ1v) is 10.5. The van der Waals surface area contributed by atoms with Crippen LogP contribution in [0.3, 0.4) is 0 Å². The molecular weight excluding hydrogens is 430 g/mol. The van der Waals surface area contributed by atoms with Gasteiger partial charge in [-0.05, 0) is 37.4 Å². The number of ether oxygens (including phenoxy) is 2. The molecule has 32 heavy (non-hydrogen) atoms. The number of benzene rings is 1. The van der Waals surface area contributed by atoms with Gasteiger partial charge in [0.1, 0.15) is 11.5 Å². The van der Waals surface area contributed by atoms with Gasteiger partial charge in [-0.1, -0.05) is 12.1 Å². The zero-order valence-corrected chi connectivity index (χ0v) is 18.7. The maximum atomic E-state index is 13.2. The summed E-state index contributed by atoms with van der Waals surface area (Å²) >= 11 is 1.51. The molecule has 0 atom stereocenters. The first-order valence-electron chi connectivity index (χ1n) is 9.67. The Balaban J connectivity index is 1.80. The van der Waals surface area contributed by atoms with Crippen molar-refractivity contribution in [1.82, 2.24) is 19.7 Å². The SMILES string of the molecule is COc1cccc(C(=O)Nc2cc(-c3cccs3)nn2-c2nc(C)c(C)c(=O)[nH]2)c1OC. The molecule has 164 valence electrons. The number of rotatable bonds is 6. The van der Waals surface area contributed by atoms with Gasteiger partial charge in [-0.2, -0.15) is 9.78 Å². The highest BCUT2D eigenvalue weighted by atomic mass is 32.1. The molecule has 0 saturated heterocycles. The van der Waals surface area contributed by atoms with Crippen molar-refractivity contribution in [1.29, 1.82) is 0 Å². The minimum atomic E-state index is -0.425. The van der Waals surface area contributed by atoms with Gasteiger partial charge < -0.3 is 14.8 Å². The van der Waals surface area contributed by atoms with Crippen LogP contribution >= 0.6 is 11.3 Å². The van der Waals surface area contributed by atoms with E-state index in [-0.39, 0.29) is 11.5 Å². The molecule has 0 saturated carbocycles. The van der Waals surface area contributed by atoms with Crippen molar-refractivity contribution in [3.05, 3.63) is 69.0 Å². The van der Waals surface area contributed by atoms with Crippen LogP contribution in [-0.2, 0) is 0 Å². The van der Waals surface area contributed by atoms with Gasteiger partial charge in [0.25, 0.3) is 11.5 Å². The highest BCUT2D eigenvalue weighted by molar-refractivity contribution is 7.13. The van der Waals surface area contributed by atoms with Crippen molar-refractivity contribution in [2.24, 2.45) is 0 Å². The first-order chi connectivity index (χ1) is 15.4. The highest BCUT2D eigenvalue weighted by Gasteiger charge is 2.21. The van der Waals surface area contributed by atoms with Crippen molar-refractivity contribution in [3.8, 4) is 28.0 Å². The number of para-hydroxylation sites is 1. The van der Waals surface area contributed by atoms with E-state index in [1.807, 2.05) is 17.5 Å². The van der Waals surface area contributed by atoms with Gasteiger partial charge in [-0.15, -0.1) is 11.3 Å². The van der Waals surface area contributed by atoms with Crippen molar-refractivity contribution >= 4 is 23.1 Å². The van der Waals surface area contributed by atoms with Crippen LogP contribution in [-0.4, -0.2) is 39.9 Å². The Morgan fingerprint density at radius 1 is 1.16 bits per heavy atom. The van der Waals surface area contributed by atoms with E-state index < -0.39 is 5.91 Å². The predicted octanol–water partition coefficient (Wildman–Crippen LogP) is 3.57. The molecular formula is C22H21N5O4S. The summed E-state index contributed by atoms with van der Waals surface area (Å²) in [5.41, 5.74) is 1.75. The van der Waals surface area contributed by atoms with Gasteiger partial charge >= 0.3 is 0 Å². The number of hydrogen-bond donors (Lipinski definition) is 2. The maximum absolute atomic E-state index is 13.2. The molecule has 0 spiro atoms. The molecule has 0 aliphatic rings. The summed E-state index contributed by atoms with van der Waals surface area (Å²) in [5.74, 6) is 0.872. The Kier molecular flexibility index (Phi) is 5.78. The summed E-state index contributed by atoms with van der Waals surface area (Å²) in [4.78, 5) is 33.6. The topological polar surface area (TPSA) is 111 Å². The fourth-order valence-corrected chi connectivity index (χ4v) is 3.84. The number of carbonyl (C=O) groups excluding carboxylic acids is 1. The van der Waals surface area contributed by atoms with Gasteiger partial charge in [-0.3, -0.25) is 14.6 Å². The minimum absolute atomic E-state index is 0.203. The molecule has 4 rings (SSSR count). The number of aromatic nitrogens is 4. The molecule has 1 amide bonds. The molecule has 0 unspecified atom stereocenters. The Bertz CT molecular complexity index is 1340. The third-order valence-electron chi connectivity index (χ3n) is 4.96. The number of H-pyrrole nitrogens is 1. The van der Waals surface area contributed by atoms with Gasteiger partial charge in [0.2, 0.25) is 5.95 Å². The van der Waals surface area contributed by atoms with E-state index in [0.717, 1.165) is 4.88 Å². The minimum Gasteiger partial charge on any atom is -0.493 e. The second kappa shape index (κ2) is 8.67. The lowest BCUT2D eigenvalue weighted by Gasteiger charge is -2.13. The average Bonchev–Trinajstić information content (AvgIpc) is 3.46. The van der Waals surface area contributed by atoms with Crippen LogP contribution in [0.1, 0.15) is 21.6 Å². The van der Waals surface area contributed by atoms with Gasteiger partial charge in [-0.25, -0.2) is 4.98 Å². The molecule has 0 aliphatic heterocycles. The zero-order valence-electron chi connectivity index (χ0n) is 17.9. The van der Waals surface area contributed by atoms with E-state index in [0.29, 0.717) is 39.8 Å². The number of carbonyl (C=O) groups is 1. The molecule has 9 nitrogen and oxygen atoms in total. The van der Waals surface area contributed by atoms with E-state index in [2.05, 4.69) is 20.4 Å². The summed E-state index contributed by atoms with van der Waals surface area (Å²) in [6.45, 7) is 3.44. The normalized spacial score (nSPS) is 10.8. The lowest BCUT2D eigenvalue weighted by atomic mass is 10.1. The van der Waals surface area contributed by atoms with Crippen LogP contribution < -0.4 is 20.3 Å². The van der Waals surface area contributed by atoms with Crippen molar-refractivity contribution in [2.75, 3.05) is 19.5 Å². The van der Waals surface area contributed by atoms with Crippen LogP contribution in [0.15, 0.2) is 46.6 Å². The number of nitrogens with one attached hydrogen (secondary N) is 2. The van der Waals surface area contributed by atoms with Crippen molar-refractivity contribution < 1.29 is 14.3 Å². The lowest BCUT2D eigenvalue weighted by molar-refractivity contribution is 0.102. The van der Waals surface area contributed by atoms with Crippen molar-refractivity contribution in [3.63, 3.8) is 0 Å². The number of amides is 1. The molecule has 0 fully saturated rings. The van der Waals surface area contributed by atoms with E-state index >= 15 is 0 Å². The molecule has 0 radical (unpaired) electrons. The third-order valence-corrected chi connectivity index (χ3v) is 5.85. The molecule has 3 heterocycles. The van der Waals surface area contributed by atoms with Crippen LogP contribution in [0, 0.1) is 13.8 Å². The maximum Gasteiger partial charge on any atom is 0.260 e. The van der Waals surface area contributed by atoms with E-state index in [4.69, 9.17) is 9.47 Å². The van der Waals surface area contributed by atoms with Crippen LogP contribution in [0.5, 0.6) is 11.5 Å². The summed E-state index contributed by atoms with van der Waals surface area (Å²) in [7, 11) is 2.97. The standard InChI is InChI=1S/C22H21N5O4S/c1-12-13(2)23-22(25-20(12)28)27-18(11-15(26-27)17-9-6-10-32-17)24-21(29)14-7-5-8-16(30-3)19(14)31-4/h5-11H,1-4H3,(H,24,29)(H,23,25,28). The largest absolute Gasteiger partial charge is 0.493 e. The fourth-order valence-electron chi connectivity index (χ4n) is 3.16. The molecule has 0 bridgehead atoms. The molecule has 2 N–H and O–H groups in total. The second-order valence-corrected chi connectivity index (χ2v) is 7.85. The number of thiophene rings is 1. The van der Waals surface area contributed by atoms with Crippen LogP contribution in [0.25, 0.3) is 16.5 Å². The Hall–Kier alpha value is -3.92. The van der Waals surface area contributed by atoms with E-state index in [9.17, 15) is 9.59 Å². The Morgan fingerprint density at radius 2 is 1.97 bits per heavy atom. The molecule has 1 aromatic carbocycles. The number of hydrogen-bond acceptors (Lipinski definition) is 7. The summed E-state index contributed by atoms with van der Waals surface area (Å²) in [6.07, 6.45) is 0. The van der Waals surface area contributed by atoms with Crippen LogP contribution in [0.2, 0.25) is 0 Å². The van der Waals surface area contributed by atoms with Gasteiger partial charge in [0.05, 0.1) is 24.7 Å². The number of anilines is 1. The summed E-state index contributed by atoms with van der Waals surface area (Å²) < 4.78 is 12.1. The average molecular weight is 452 g/mol. The summed E-state index contributed by atoms with van der Waals surface area (Å²) in [5, 5.41) is 9.37. The third kappa shape index (κ3) is 3.87. The predicted molar refractivity (Wildman–Crippen MR) is 122 cm³/mol. The Labute approximate surface area is 187 Å². The second-order valence-electron chi connectivity index (χ2n) is 6.90. The zero-order chi connectivity index (χ0) is 22.8. The molecule has 4 aromatic rings. The number of methoxy groups -OCH3 is 2. The molecule has 10 heteroatoms. The fraction of sp³-hybridized carbons (Fsp3) is 0.182. The molecule has 3 aromatic heterocycles. The summed E-state index contributed by atoms with van der Waals surface area (Å²) in [6, 6.07) is 10.6. The first kappa shape index (κ1) is 21.3. The van der Waals surface area contributed by atoms with Crippen LogP contribution in [0.4, 0.5) is 5.82 Å². The monoisotopic (exact) mass is 451 g/mol. The van der Waals surface area contributed by atoms with E-state index in [1.54, 1.807) is 38.1 Å². The van der Waals surface area contributed by atoms with E-state index in [1.165, 1.54) is 30.2 Å². The molecule has 0 aliphatic carbocycles. The highest BCUT2D eigenvalue weighted by Crippen LogP contribution is 2.32. The number of nitrogens with zero attached hydrogens (tertiary/aromatic N) is 3. The number of aromatic amines is 1. The lowest BCUT2D eigenvalue weighted by Crippen LogP contribution is -2.21. The number of aryl methyl sites for hydroxylation is 1. The Morgan fingerprint density at radius 3 is 2.62 bits per heavy atom. The smallest absolute Gasteiger partial charge is 0.260 e. The quantitative estimate of drug-likeness (QED) is 0.464. The van der Waals surface area contributed by atoms with Gasteiger partial charge in [0, 0.05) is 17.3 Å². The van der Waals surface area contributed by atoms with Gasteiger partial charge in [0.15, 0.2) is 11.5 Å².